The van der Waals surface area contributed by atoms with Crippen molar-refractivity contribution >= 4 is 17.4 Å². The smallest absolute Gasteiger partial charge is 0.299 e. The monoisotopic (exact) mass is 247 g/mol. The summed E-state index contributed by atoms with van der Waals surface area (Å²) >= 11 is 0. The van der Waals surface area contributed by atoms with Crippen molar-refractivity contribution in [3.05, 3.63) is 29.1 Å². The number of aryl methyl sites for hydroxylation is 1. The average Bonchev–Trinajstić information content (AvgIpc) is 2.48. The Morgan fingerprint density at radius 3 is 2.67 bits per heavy atom. The molecule has 0 unspecified atom stereocenters. The Bertz CT molecular complexity index is 549. The molecule has 0 spiro atoms. The van der Waals surface area contributed by atoms with Crippen molar-refractivity contribution in [2.75, 3.05) is 11.4 Å². The molecule has 1 aromatic rings. The summed E-state index contributed by atoms with van der Waals surface area (Å²) in [7, 11) is 0. The van der Waals surface area contributed by atoms with Crippen molar-refractivity contribution in [3.63, 3.8) is 0 Å². The van der Waals surface area contributed by atoms with Crippen molar-refractivity contribution in [2.24, 2.45) is 5.92 Å². The van der Waals surface area contributed by atoms with Crippen molar-refractivity contribution in [2.45, 2.75) is 26.2 Å². The number of nitrogens with zero attached hydrogens (tertiary/aromatic N) is 1. The maximum Gasteiger partial charge on any atom is 0.299 e. The number of carbonyl (C=O) groups excluding carboxylic acids is 2. The van der Waals surface area contributed by atoms with E-state index in [2.05, 4.69) is 0 Å². The molecule has 3 rings (SSSR count). The molecule has 0 N–H and O–H groups in total. The van der Waals surface area contributed by atoms with Crippen molar-refractivity contribution in [1.82, 2.24) is 0 Å². The standard InChI is InChI=1S/C14H14FNO2/c1-8-5-10(15)6-11-12(8)16(14(18)13(11)17)7-9-3-2-4-9/h5-6,9H,2-4,7H2,1H3. The number of hydrogen-bond acceptors (Lipinski definition) is 2. The number of halogens is 1. The van der Waals surface area contributed by atoms with Crippen LogP contribution in [0.5, 0.6) is 0 Å². The third kappa shape index (κ3) is 1.55. The maximum absolute atomic E-state index is 13.3. The number of rotatable bonds is 2. The lowest BCUT2D eigenvalue weighted by Crippen LogP contribution is -2.36. The Morgan fingerprint density at radius 1 is 1.33 bits per heavy atom. The molecule has 3 nitrogen and oxygen atoms in total. The first-order chi connectivity index (χ1) is 8.58. The maximum atomic E-state index is 13.3. The number of hydrogen-bond donors (Lipinski definition) is 0. The Kier molecular flexibility index (Phi) is 2.47. The summed E-state index contributed by atoms with van der Waals surface area (Å²) in [5, 5.41) is 0. The molecular formula is C14H14FNO2. The van der Waals surface area contributed by atoms with Crippen LogP contribution in [0.2, 0.25) is 0 Å². The van der Waals surface area contributed by atoms with E-state index < -0.39 is 17.5 Å². The lowest BCUT2D eigenvalue weighted by molar-refractivity contribution is -0.114. The summed E-state index contributed by atoms with van der Waals surface area (Å²) < 4.78 is 13.3. The predicted octanol–water partition coefficient (Wildman–Crippen LogP) is 2.46. The van der Waals surface area contributed by atoms with Crippen molar-refractivity contribution < 1.29 is 14.0 Å². The van der Waals surface area contributed by atoms with Gasteiger partial charge in [0.25, 0.3) is 11.7 Å². The minimum Gasteiger partial charge on any atom is -0.304 e. The molecule has 1 aliphatic heterocycles. The van der Waals surface area contributed by atoms with E-state index in [1.165, 1.54) is 23.5 Å². The van der Waals surface area contributed by atoms with E-state index in [9.17, 15) is 14.0 Å². The Balaban J connectivity index is 2.02. The molecular weight excluding hydrogens is 233 g/mol. The van der Waals surface area contributed by atoms with Gasteiger partial charge in [-0.05, 0) is 43.4 Å². The van der Waals surface area contributed by atoms with Gasteiger partial charge in [-0.15, -0.1) is 0 Å². The van der Waals surface area contributed by atoms with Crippen molar-refractivity contribution in [3.8, 4) is 0 Å². The van der Waals surface area contributed by atoms with Crippen LogP contribution in [0.15, 0.2) is 12.1 Å². The minimum atomic E-state index is -0.577. The molecule has 1 fully saturated rings. The van der Waals surface area contributed by atoms with E-state index in [1.807, 2.05) is 0 Å². The highest BCUT2D eigenvalue weighted by molar-refractivity contribution is 6.52. The molecule has 1 aromatic carbocycles. The second kappa shape index (κ2) is 3.90. The van der Waals surface area contributed by atoms with Crippen LogP contribution >= 0.6 is 0 Å². The number of carbonyl (C=O) groups is 2. The molecule has 4 heteroatoms. The minimum absolute atomic E-state index is 0.219. The quantitative estimate of drug-likeness (QED) is 0.753. The summed E-state index contributed by atoms with van der Waals surface area (Å²) in [5.74, 6) is -1.06. The van der Waals surface area contributed by atoms with Gasteiger partial charge in [0.05, 0.1) is 11.3 Å². The van der Waals surface area contributed by atoms with Gasteiger partial charge in [0.2, 0.25) is 0 Å². The summed E-state index contributed by atoms with van der Waals surface area (Å²) in [4.78, 5) is 25.3. The van der Waals surface area contributed by atoms with Crippen LogP contribution in [0.3, 0.4) is 0 Å². The highest BCUT2D eigenvalue weighted by Crippen LogP contribution is 2.36. The van der Waals surface area contributed by atoms with E-state index >= 15 is 0 Å². The van der Waals surface area contributed by atoms with Gasteiger partial charge >= 0.3 is 0 Å². The molecule has 1 saturated carbocycles. The van der Waals surface area contributed by atoms with Crippen LogP contribution in [0.4, 0.5) is 10.1 Å². The number of ketones is 1. The zero-order chi connectivity index (χ0) is 12.9. The van der Waals surface area contributed by atoms with Gasteiger partial charge in [-0.3, -0.25) is 9.59 Å². The number of fused-ring (bicyclic) bond motifs is 1. The first-order valence-corrected chi connectivity index (χ1v) is 6.24. The van der Waals surface area contributed by atoms with Crippen LogP contribution in [0.25, 0.3) is 0 Å². The zero-order valence-corrected chi connectivity index (χ0v) is 10.2. The van der Waals surface area contributed by atoms with Crippen LogP contribution in [0.1, 0.15) is 35.2 Å². The SMILES string of the molecule is Cc1cc(F)cc2c1N(CC1CCC1)C(=O)C2=O. The van der Waals surface area contributed by atoms with Gasteiger partial charge in [0.1, 0.15) is 5.82 Å². The van der Waals surface area contributed by atoms with Crippen LogP contribution < -0.4 is 4.90 Å². The highest BCUT2D eigenvalue weighted by Gasteiger charge is 2.39. The molecule has 0 aromatic heterocycles. The predicted molar refractivity (Wildman–Crippen MR) is 65.2 cm³/mol. The molecule has 18 heavy (non-hydrogen) atoms. The van der Waals surface area contributed by atoms with Gasteiger partial charge in [0, 0.05) is 6.54 Å². The largest absolute Gasteiger partial charge is 0.304 e. The summed E-state index contributed by atoms with van der Waals surface area (Å²) in [6, 6.07) is 2.54. The number of benzene rings is 1. The fourth-order valence-electron chi connectivity index (χ4n) is 2.71. The lowest BCUT2D eigenvalue weighted by Gasteiger charge is -2.30. The first-order valence-electron chi connectivity index (χ1n) is 6.24. The Labute approximate surface area is 105 Å². The summed E-state index contributed by atoms with van der Waals surface area (Å²) in [6.07, 6.45) is 3.40. The molecule has 1 aliphatic carbocycles. The van der Waals surface area contributed by atoms with E-state index in [0.29, 0.717) is 23.7 Å². The van der Waals surface area contributed by atoms with Crippen LogP contribution in [-0.2, 0) is 4.79 Å². The zero-order valence-electron chi connectivity index (χ0n) is 10.2. The Morgan fingerprint density at radius 2 is 2.06 bits per heavy atom. The second-order valence-corrected chi connectivity index (χ2v) is 5.16. The van der Waals surface area contributed by atoms with Crippen LogP contribution in [0, 0.1) is 18.7 Å². The van der Waals surface area contributed by atoms with E-state index in [0.717, 1.165) is 12.8 Å². The average molecular weight is 247 g/mol. The first kappa shape index (κ1) is 11.4. The third-order valence-electron chi connectivity index (χ3n) is 3.88. The molecule has 1 amide bonds. The molecule has 94 valence electrons. The molecule has 0 atom stereocenters. The van der Waals surface area contributed by atoms with Gasteiger partial charge in [-0.25, -0.2) is 4.39 Å². The highest BCUT2D eigenvalue weighted by atomic mass is 19.1. The van der Waals surface area contributed by atoms with Gasteiger partial charge in [-0.2, -0.15) is 0 Å². The van der Waals surface area contributed by atoms with E-state index in [1.54, 1.807) is 6.92 Å². The van der Waals surface area contributed by atoms with Gasteiger partial charge in [0.15, 0.2) is 0 Å². The van der Waals surface area contributed by atoms with E-state index in [4.69, 9.17) is 0 Å². The molecule has 0 radical (unpaired) electrons. The topological polar surface area (TPSA) is 37.4 Å². The third-order valence-corrected chi connectivity index (χ3v) is 3.88. The fourth-order valence-corrected chi connectivity index (χ4v) is 2.71. The number of amides is 1. The summed E-state index contributed by atoms with van der Waals surface area (Å²) in [5.41, 5.74) is 1.48. The molecule has 1 heterocycles. The van der Waals surface area contributed by atoms with Crippen LogP contribution in [-0.4, -0.2) is 18.2 Å². The molecule has 2 aliphatic rings. The van der Waals surface area contributed by atoms with Gasteiger partial charge < -0.3 is 4.90 Å². The van der Waals surface area contributed by atoms with E-state index in [-0.39, 0.29) is 5.56 Å². The normalized spacial score (nSPS) is 19.1. The summed E-state index contributed by atoms with van der Waals surface area (Å²) in [6.45, 7) is 2.33. The number of anilines is 1. The molecule has 0 bridgehead atoms. The second-order valence-electron chi connectivity index (χ2n) is 5.16. The van der Waals surface area contributed by atoms with Crippen molar-refractivity contribution in [1.29, 1.82) is 0 Å². The lowest BCUT2D eigenvalue weighted by atomic mass is 9.85. The molecule has 0 saturated heterocycles. The number of Topliss-reactive ketones (excluding diaryl/α,β-unsaturated/α-hetero) is 1. The fraction of sp³-hybridized carbons (Fsp3) is 0.429. The van der Waals surface area contributed by atoms with Gasteiger partial charge in [-0.1, -0.05) is 6.42 Å². The Hall–Kier alpha value is -1.71.